The molecule has 0 spiro atoms. The number of nitrogens with two attached hydrogens (primary N) is 1. The lowest BCUT2D eigenvalue weighted by atomic mass is 10.5. The van der Waals surface area contributed by atoms with Crippen LogP contribution in [0.1, 0.15) is 0 Å². The number of urea groups is 1. The monoisotopic (exact) mass is 160 g/mol. The molecule has 0 heterocycles. The van der Waals surface area contributed by atoms with Gasteiger partial charge in [0.25, 0.3) is 0 Å². The van der Waals surface area contributed by atoms with Gasteiger partial charge in [-0.3, -0.25) is 4.79 Å². The molecule has 0 aliphatic heterocycles. The van der Waals surface area contributed by atoms with E-state index in [1.165, 1.54) is 0 Å². The van der Waals surface area contributed by atoms with E-state index in [4.69, 9.17) is 10.8 Å². The molecule has 62 valence electrons. The van der Waals surface area contributed by atoms with Gasteiger partial charge in [-0.1, -0.05) is 0 Å². The van der Waals surface area contributed by atoms with Crippen LogP contribution in [0.3, 0.4) is 0 Å². The number of carboxylic acids is 1. The SMILES string of the molecule is NC(=O)N(CC=O)CC(=O)O. The smallest absolute Gasteiger partial charge is 0.323 e. The van der Waals surface area contributed by atoms with E-state index in [1.807, 2.05) is 0 Å². The minimum Gasteiger partial charge on any atom is -0.480 e. The van der Waals surface area contributed by atoms with E-state index in [0.717, 1.165) is 4.90 Å². The minimum absolute atomic E-state index is 0.290. The molecule has 6 nitrogen and oxygen atoms in total. The Balaban J connectivity index is 3.99. The maximum absolute atomic E-state index is 10.4. The number of carbonyl (C=O) groups excluding carboxylic acids is 2. The quantitative estimate of drug-likeness (QED) is 0.496. The number of carboxylic acid groups (broad SMARTS) is 1. The van der Waals surface area contributed by atoms with Crippen molar-refractivity contribution in [2.45, 2.75) is 0 Å². The number of amides is 2. The van der Waals surface area contributed by atoms with E-state index >= 15 is 0 Å². The number of carbonyl (C=O) groups is 3. The molecular formula is C5H8N2O4. The summed E-state index contributed by atoms with van der Waals surface area (Å²) in [7, 11) is 0. The Kier molecular flexibility index (Phi) is 3.65. The van der Waals surface area contributed by atoms with Crippen molar-refractivity contribution in [2.24, 2.45) is 5.73 Å². The maximum atomic E-state index is 10.4. The first kappa shape index (κ1) is 9.41. The van der Waals surface area contributed by atoms with E-state index in [9.17, 15) is 14.4 Å². The average Bonchev–Trinajstić information content (AvgIpc) is 1.86. The van der Waals surface area contributed by atoms with Crippen LogP contribution in [0.2, 0.25) is 0 Å². The second-order valence-corrected chi connectivity index (χ2v) is 1.78. The molecule has 0 aliphatic carbocycles. The van der Waals surface area contributed by atoms with Crippen LogP contribution < -0.4 is 5.73 Å². The summed E-state index contributed by atoms with van der Waals surface area (Å²) in [5, 5.41) is 8.19. The summed E-state index contributed by atoms with van der Waals surface area (Å²) < 4.78 is 0. The second kappa shape index (κ2) is 4.26. The lowest BCUT2D eigenvalue weighted by molar-refractivity contribution is -0.137. The van der Waals surface area contributed by atoms with Crippen molar-refractivity contribution in [3.8, 4) is 0 Å². The van der Waals surface area contributed by atoms with E-state index < -0.39 is 18.5 Å². The van der Waals surface area contributed by atoms with Crippen LogP contribution >= 0.6 is 0 Å². The molecule has 0 rings (SSSR count). The van der Waals surface area contributed by atoms with E-state index in [0.29, 0.717) is 6.29 Å². The molecule has 0 saturated carbocycles. The van der Waals surface area contributed by atoms with Gasteiger partial charge < -0.3 is 20.5 Å². The lowest BCUT2D eigenvalue weighted by Crippen LogP contribution is -2.40. The largest absolute Gasteiger partial charge is 0.480 e. The van der Waals surface area contributed by atoms with Crippen LogP contribution in [0.4, 0.5) is 4.79 Å². The summed E-state index contributed by atoms with van der Waals surface area (Å²) >= 11 is 0. The van der Waals surface area contributed by atoms with Gasteiger partial charge in [0.05, 0.1) is 6.54 Å². The van der Waals surface area contributed by atoms with Crippen LogP contribution in [0.5, 0.6) is 0 Å². The number of nitrogens with zero attached hydrogens (tertiary/aromatic N) is 1. The average molecular weight is 160 g/mol. The molecule has 0 saturated heterocycles. The predicted molar refractivity (Wildman–Crippen MR) is 34.9 cm³/mol. The Morgan fingerprint density at radius 3 is 2.36 bits per heavy atom. The van der Waals surface area contributed by atoms with Crippen LogP contribution in [0.25, 0.3) is 0 Å². The standard InChI is InChI=1S/C5H8N2O4/c6-5(11)7(1-2-8)3-4(9)10/h2H,1,3H2,(H2,6,11)(H,9,10). The van der Waals surface area contributed by atoms with Crippen LogP contribution in [0.15, 0.2) is 0 Å². The fraction of sp³-hybridized carbons (Fsp3) is 0.400. The Morgan fingerprint density at radius 2 is 2.09 bits per heavy atom. The Hall–Kier alpha value is -1.59. The summed E-state index contributed by atoms with van der Waals surface area (Å²) in [6.07, 6.45) is 0.410. The van der Waals surface area contributed by atoms with Crippen LogP contribution in [0, 0.1) is 0 Å². The second-order valence-electron chi connectivity index (χ2n) is 1.78. The number of primary amides is 1. The highest BCUT2D eigenvalue weighted by atomic mass is 16.4. The third kappa shape index (κ3) is 3.90. The number of aliphatic carboxylic acids is 1. The minimum atomic E-state index is -1.20. The first-order valence-electron chi connectivity index (χ1n) is 2.77. The zero-order chi connectivity index (χ0) is 8.85. The molecule has 2 amide bonds. The Morgan fingerprint density at radius 1 is 1.55 bits per heavy atom. The van der Waals surface area contributed by atoms with Gasteiger partial charge in [-0.2, -0.15) is 0 Å². The number of aldehydes is 1. The normalized spacial score (nSPS) is 8.73. The highest BCUT2D eigenvalue weighted by molar-refractivity contribution is 5.80. The molecule has 0 aromatic rings. The van der Waals surface area contributed by atoms with E-state index in [2.05, 4.69) is 0 Å². The zero-order valence-electron chi connectivity index (χ0n) is 5.69. The molecule has 0 aromatic carbocycles. The van der Waals surface area contributed by atoms with Crippen molar-refractivity contribution in [1.82, 2.24) is 4.90 Å². The summed E-state index contributed by atoms with van der Waals surface area (Å²) in [4.78, 5) is 31.0. The number of hydrogen-bond acceptors (Lipinski definition) is 3. The first-order chi connectivity index (χ1) is 5.07. The van der Waals surface area contributed by atoms with Gasteiger partial charge in [-0.15, -0.1) is 0 Å². The third-order valence-electron chi connectivity index (χ3n) is 0.933. The van der Waals surface area contributed by atoms with Crippen molar-refractivity contribution in [3.63, 3.8) is 0 Å². The van der Waals surface area contributed by atoms with Crippen molar-refractivity contribution in [2.75, 3.05) is 13.1 Å². The Bertz CT molecular complexity index is 179. The van der Waals surface area contributed by atoms with Crippen LogP contribution in [-0.4, -0.2) is 41.4 Å². The fourth-order valence-electron chi connectivity index (χ4n) is 0.486. The molecule has 0 unspecified atom stereocenters. The van der Waals surface area contributed by atoms with Gasteiger partial charge in [0.15, 0.2) is 0 Å². The molecule has 0 radical (unpaired) electrons. The maximum Gasteiger partial charge on any atom is 0.323 e. The highest BCUT2D eigenvalue weighted by Crippen LogP contribution is 1.84. The topological polar surface area (TPSA) is 101 Å². The predicted octanol–water partition coefficient (Wildman–Crippen LogP) is -1.35. The first-order valence-corrected chi connectivity index (χ1v) is 2.77. The summed E-state index contributed by atoms with van der Waals surface area (Å²) in [6, 6.07) is -0.917. The van der Waals surface area contributed by atoms with Gasteiger partial charge in [-0.25, -0.2) is 4.79 Å². The highest BCUT2D eigenvalue weighted by Gasteiger charge is 2.11. The van der Waals surface area contributed by atoms with Gasteiger partial charge in [0, 0.05) is 0 Å². The molecule has 0 aromatic heterocycles. The fourth-order valence-corrected chi connectivity index (χ4v) is 0.486. The number of hydrogen-bond donors (Lipinski definition) is 2. The molecule has 0 fully saturated rings. The third-order valence-corrected chi connectivity index (χ3v) is 0.933. The van der Waals surface area contributed by atoms with Gasteiger partial charge in [-0.05, 0) is 0 Å². The lowest BCUT2D eigenvalue weighted by Gasteiger charge is -2.13. The van der Waals surface area contributed by atoms with Crippen molar-refractivity contribution in [1.29, 1.82) is 0 Å². The molecule has 6 heteroatoms. The van der Waals surface area contributed by atoms with Crippen LogP contribution in [-0.2, 0) is 9.59 Å². The molecule has 0 bridgehead atoms. The molecule has 11 heavy (non-hydrogen) atoms. The van der Waals surface area contributed by atoms with Crippen molar-refractivity contribution >= 4 is 18.3 Å². The zero-order valence-corrected chi connectivity index (χ0v) is 5.69. The Labute approximate surface area is 62.6 Å². The van der Waals surface area contributed by atoms with Crippen molar-refractivity contribution < 1.29 is 19.5 Å². The van der Waals surface area contributed by atoms with E-state index in [-0.39, 0.29) is 6.54 Å². The molecular weight excluding hydrogens is 152 g/mol. The molecule has 3 N–H and O–H groups in total. The van der Waals surface area contributed by atoms with Gasteiger partial charge in [0.2, 0.25) is 0 Å². The van der Waals surface area contributed by atoms with Gasteiger partial charge >= 0.3 is 12.0 Å². The molecule has 0 atom stereocenters. The summed E-state index contributed by atoms with van der Waals surface area (Å²) in [5.41, 5.74) is 4.74. The van der Waals surface area contributed by atoms with Gasteiger partial charge in [0.1, 0.15) is 12.8 Å². The summed E-state index contributed by atoms with van der Waals surface area (Å²) in [6.45, 7) is -0.838. The van der Waals surface area contributed by atoms with E-state index in [1.54, 1.807) is 0 Å². The summed E-state index contributed by atoms with van der Waals surface area (Å²) in [5.74, 6) is -1.20. The molecule has 0 aliphatic rings. The van der Waals surface area contributed by atoms with Crippen molar-refractivity contribution in [3.05, 3.63) is 0 Å². The number of rotatable bonds is 4.